The summed E-state index contributed by atoms with van der Waals surface area (Å²) in [6, 6.07) is 2.13. The molecule has 1 atom stereocenters. The predicted molar refractivity (Wildman–Crippen MR) is 183 cm³/mol. The Morgan fingerprint density at radius 2 is 1.80 bits per heavy atom. The number of nitrogens with one attached hydrogen (secondary N) is 1. The number of benzene rings is 1. The summed E-state index contributed by atoms with van der Waals surface area (Å²) in [5, 5.41) is 14.2. The minimum absolute atomic E-state index is 0.0393. The fourth-order valence-electron chi connectivity index (χ4n) is 6.75. The molecule has 1 N–H and O–H groups in total. The summed E-state index contributed by atoms with van der Waals surface area (Å²) in [5.41, 5.74) is 1.09. The molecule has 3 aromatic heterocycles. The van der Waals surface area contributed by atoms with Gasteiger partial charge in [0.15, 0.2) is 5.82 Å². The molecule has 15 heteroatoms. The molecule has 0 aliphatic carbocycles. The van der Waals surface area contributed by atoms with Gasteiger partial charge in [-0.2, -0.15) is 5.26 Å². The zero-order chi connectivity index (χ0) is 35.0. The van der Waals surface area contributed by atoms with Crippen LogP contribution in [0.2, 0.25) is 5.02 Å². The zero-order valence-corrected chi connectivity index (χ0v) is 29.6. The largest absolute Gasteiger partial charge is 0.444 e. The number of nitriles is 1. The molecule has 4 aromatic rings. The van der Waals surface area contributed by atoms with Crippen molar-refractivity contribution in [3.63, 3.8) is 0 Å². The molecule has 6 heterocycles. The summed E-state index contributed by atoms with van der Waals surface area (Å²) in [6.45, 7) is 13.0. The van der Waals surface area contributed by atoms with E-state index in [0.717, 1.165) is 46.9 Å². The molecule has 1 aromatic carbocycles. The Kier molecular flexibility index (Phi) is 7.88. The first-order valence-corrected chi connectivity index (χ1v) is 17.1. The van der Waals surface area contributed by atoms with Gasteiger partial charge in [0.25, 0.3) is 0 Å². The summed E-state index contributed by atoms with van der Waals surface area (Å²) in [6.07, 6.45) is 3.32. The molecule has 49 heavy (non-hydrogen) atoms. The summed E-state index contributed by atoms with van der Waals surface area (Å²) in [7, 11) is 0. The number of halogens is 2. The highest BCUT2D eigenvalue weighted by atomic mass is 35.5. The predicted octanol–water partition coefficient (Wildman–Crippen LogP) is 7.54. The molecule has 12 nitrogen and oxygen atoms in total. The van der Waals surface area contributed by atoms with Crippen LogP contribution in [0.3, 0.4) is 0 Å². The highest BCUT2D eigenvalue weighted by Crippen LogP contribution is 2.48. The van der Waals surface area contributed by atoms with Crippen LogP contribution in [-0.4, -0.2) is 68.4 Å². The van der Waals surface area contributed by atoms with Gasteiger partial charge in [-0.3, -0.25) is 10.3 Å². The number of anilines is 2. The van der Waals surface area contributed by atoms with Crippen LogP contribution in [0, 0.1) is 17.1 Å². The van der Waals surface area contributed by atoms with Crippen LogP contribution in [-0.2, 0) is 27.4 Å². The first-order valence-electron chi connectivity index (χ1n) is 15.9. The Morgan fingerprint density at radius 1 is 1.08 bits per heavy atom. The molecule has 3 aliphatic rings. The lowest BCUT2D eigenvalue weighted by molar-refractivity contribution is -0.0363. The second-order valence-electron chi connectivity index (χ2n) is 14.6. The molecule has 2 fully saturated rings. The first kappa shape index (κ1) is 33.2. The molecular formula is C34H35ClFN7O5S. The SMILES string of the molecule is CC(C)(C)OC(=O)Nc1sc2c(F)cnc(-c3c4c(c5cnc(N6CCC7(CCN7C(=O)OC(C)(C)C)C6)nc5c3Cl)COC4)c2c1C#N. The van der Waals surface area contributed by atoms with Gasteiger partial charge >= 0.3 is 12.2 Å². The van der Waals surface area contributed by atoms with Crippen molar-refractivity contribution in [2.24, 2.45) is 0 Å². The lowest BCUT2D eigenvalue weighted by Gasteiger charge is -2.50. The fraction of sp³-hybridized carbons (Fsp3) is 0.471. The standard InChI is InChI=1S/C34H35ClFN7O5S/c1-32(2,3)47-30(44)41-28-17(11-37)23-26(38-13-21(36)27(23)49-28)22-20-15-46-14-19(20)18-12-39-29(40-25(18)24(22)35)42-9-7-34(16-42)8-10-43(34)31(45)48-33(4,5)6/h12-13H,7-10,14-16H2,1-6H3,(H,41,44). The lowest BCUT2D eigenvalue weighted by atomic mass is 9.84. The van der Waals surface area contributed by atoms with E-state index in [2.05, 4.69) is 16.4 Å². The van der Waals surface area contributed by atoms with Crippen LogP contribution in [0.4, 0.5) is 24.9 Å². The van der Waals surface area contributed by atoms with E-state index in [1.807, 2.05) is 25.7 Å². The molecule has 256 valence electrons. The quantitative estimate of drug-likeness (QED) is 0.227. The third kappa shape index (κ3) is 5.77. The molecule has 0 saturated carbocycles. The van der Waals surface area contributed by atoms with Gasteiger partial charge in [-0.25, -0.2) is 23.9 Å². The van der Waals surface area contributed by atoms with E-state index in [1.165, 1.54) is 0 Å². The first-order chi connectivity index (χ1) is 23.1. The third-order valence-electron chi connectivity index (χ3n) is 8.92. The maximum Gasteiger partial charge on any atom is 0.412 e. The number of nitrogens with zero attached hydrogens (tertiary/aromatic N) is 6. The minimum Gasteiger partial charge on any atom is -0.444 e. The number of carbonyl (C=O) groups excluding carboxylic acids is 2. The van der Waals surface area contributed by atoms with Crippen molar-refractivity contribution in [2.45, 2.75) is 84.3 Å². The molecule has 3 aliphatic heterocycles. The molecular weight excluding hydrogens is 673 g/mol. The molecule has 2 amide bonds. The Labute approximate surface area is 291 Å². The zero-order valence-electron chi connectivity index (χ0n) is 28.0. The van der Waals surface area contributed by atoms with E-state index in [0.29, 0.717) is 36.7 Å². The maximum absolute atomic E-state index is 15.3. The average molecular weight is 708 g/mol. The molecule has 7 rings (SSSR count). The van der Waals surface area contributed by atoms with E-state index in [-0.39, 0.29) is 56.2 Å². The van der Waals surface area contributed by atoms with Gasteiger partial charge in [-0.15, -0.1) is 11.3 Å². The Balaban J connectivity index is 1.30. The highest BCUT2D eigenvalue weighted by molar-refractivity contribution is 7.23. The summed E-state index contributed by atoms with van der Waals surface area (Å²) in [5.74, 6) is -0.187. The average Bonchev–Trinajstić information content (AvgIpc) is 3.74. The summed E-state index contributed by atoms with van der Waals surface area (Å²) in [4.78, 5) is 43.6. The maximum atomic E-state index is 15.3. The summed E-state index contributed by atoms with van der Waals surface area (Å²) < 4.78 is 32.4. The number of ether oxygens (including phenoxy) is 3. The fourth-order valence-corrected chi connectivity index (χ4v) is 8.13. The topological polar surface area (TPSA) is 143 Å². The molecule has 1 unspecified atom stereocenters. The van der Waals surface area contributed by atoms with Crippen molar-refractivity contribution in [2.75, 3.05) is 29.9 Å². The number of carbonyl (C=O) groups is 2. The number of fused-ring (bicyclic) bond motifs is 4. The van der Waals surface area contributed by atoms with Crippen LogP contribution in [0.25, 0.3) is 32.2 Å². The third-order valence-corrected chi connectivity index (χ3v) is 10.4. The van der Waals surface area contributed by atoms with Crippen LogP contribution >= 0.6 is 22.9 Å². The molecule has 1 spiro atoms. The minimum atomic E-state index is -0.781. The van der Waals surface area contributed by atoms with Crippen molar-refractivity contribution in [3.05, 3.63) is 39.9 Å². The van der Waals surface area contributed by atoms with E-state index < -0.39 is 23.1 Å². The monoisotopic (exact) mass is 707 g/mol. The van der Waals surface area contributed by atoms with Crippen molar-refractivity contribution >= 4 is 67.1 Å². The van der Waals surface area contributed by atoms with Crippen molar-refractivity contribution < 1.29 is 28.2 Å². The lowest BCUT2D eigenvalue weighted by Crippen LogP contribution is -2.64. The van der Waals surface area contributed by atoms with Crippen LogP contribution < -0.4 is 10.2 Å². The Bertz CT molecular complexity index is 2100. The van der Waals surface area contributed by atoms with Gasteiger partial charge in [-0.05, 0) is 65.5 Å². The van der Waals surface area contributed by atoms with E-state index in [9.17, 15) is 14.9 Å². The van der Waals surface area contributed by atoms with Crippen LogP contribution in [0.1, 0.15) is 71.1 Å². The van der Waals surface area contributed by atoms with Crippen molar-refractivity contribution in [1.82, 2.24) is 19.9 Å². The number of hydrogen-bond donors (Lipinski definition) is 1. The number of likely N-dealkylation sites (tertiary alicyclic amines) is 1. The van der Waals surface area contributed by atoms with Gasteiger partial charge in [0, 0.05) is 42.2 Å². The second kappa shape index (κ2) is 11.6. The highest BCUT2D eigenvalue weighted by Gasteiger charge is 2.53. The second-order valence-corrected chi connectivity index (χ2v) is 16.0. The number of rotatable bonds is 3. The molecule has 0 bridgehead atoms. The van der Waals surface area contributed by atoms with Gasteiger partial charge in [0.05, 0.1) is 51.4 Å². The number of amides is 2. The smallest absolute Gasteiger partial charge is 0.412 e. The van der Waals surface area contributed by atoms with Crippen molar-refractivity contribution in [3.8, 4) is 17.3 Å². The number of pyridine rings is 1. The molecule has 0 radical (unpaired) electrons. The number of aromatic nitrogens is 3. The summed E-state index contributed by atoms with van der Waals surface area (Å²) >= 11 is 8.14. The Morgan fingerprint density at radius 3 is 2.47 bits per heavy atom. The van der Waals surface area contributed by atoms with Gasteiger partial charge in [0.1, 0.15) is 22.3 Å². The van der Waals surface area contributed by atoms with E-state index in [4.69, 9.17) is 35.8 Å². The van der Waals surface area contributed by atoms with Gasteiger partial charge in [0.2, 0.25) is 5.95 Å². The van der Waals surface area contributed by atoms with Crippen LogP contribution in [0.15, 0.2) is 12.4 Å². The van der Waals surface area contributed by atoms with E-state index in [1.54, 1.807) is 31.9 Å². The van der Waals surface area contributed by atoms with Gasteiger partial charge < -0.3 is 24.0 Å². The normalized spacial score (nSPS) is 18.9. The van der Waals surface area contributed by atoms with Crippen LogP contribution in [0.5, 0.6) is 0 Å². The van der Waals surface area contributed by atoms with Crippen molar-refractivity contribution in [1.29, 1.82) is 5.26 Å². The van der Waals surface area contributed by atoms with E-state index >= 15 is 4.39 Å². The number of thiophene rings is 1. The molecule has 2 saturated heterocycles. The Hall–Kier alpha value is -4.32. The van der Waals surface area contributed by atoms with Gasteiger partial charge in [-0.1, -0.05) is 11.6 Å². The number of hydrogen-bond acceptors (Lipinski definition) is 11.